The van der Waals surface area contributed by atoms with Crippen molar-refractivity contribution >= 4 is 17.5 Å². The summed E-state index contributed by atoms with van der Waals surface area (Å²) in [5.41, 5.74) is 2.22. The van der Waals surface area contributed by atoms with E-state index in [1.54, 1.807) is 12.0 Å². The minimum absolute atomic E-state index is 0.0315. The number of methoxy groups -OCH3 is 1. The number of unbranched alkanes of at least 4 members (excludes halogenated alkanes) is 1. The number of piperazine rings is 1. The molecule has 2 N–H and O–H groups in total. The Morgan fingerprint density at radius 2 is 2.15 bits per heavy atom. The molecule has 0 spiro atoms. The molecule has 0 radical (unpaired) electrons. The molecule has 1 fully saturated rings. The van der Waals surface area contributed by atoms with Crippen LogP contribution in [0.3, 0.4) is 0 Å². The third-order valence-electron chi connectivity index (χ3n) is 5.08. The van der Waals surface area contributed by atoms with Gasteiger partial charge < -0.3 is 20.3 Å². The van der Waals surface area contributed by atoms with Crippen molar-refractivity contribution in [2.75, 3.05) is 19.0 Å². The number of carbonyl (C=O) groups is 2. The van der Waals surface area contributed by atoms with Crippen LogP contribution in [0.5, 0.6) is 0 Å². The summed E-state index contributed by atoms with van der Waals surface area (Å²) in [6, 6.07) is 7.61. The monoisotopic (exact) mass is 369 g/mol. The molecule has 2 amide bonds. The Hall–Kier alpha value is -2.76. The van der Waals surface area contributed by atoms with Gasteiger partial charge >= 0.3 is 0 Å². The predicted octanol–water partition coefficient (Wildman–Crippen LogP) is 2.58. The van der Waals surface area contributed by atoms with Gasteiger partial charge in [0, 0.05) is 12.1 Å². The zero-order chi connectivity index (χ0) is 19.2. The number of nitrogens with one attached hydrogen (secondary N) is 2. The number of rotatable bonds is 7. The maximum absolute atomic E-state index is 12.6. The molecule has 0 aliphatic carbocycles. The zero-order valence-electron chi connectivity index (χ0n) is 15.9. The Morgan fingerprint density at radius 1 is 1.33 bits per heavy atom. The lowest BCUT2D eigenvalue weighted by molar-refractivity contribution is -0.147. The molecule has 6 nitrogen and oxygen atoms in total. The molecule has 1 aromatic rings. The van der Waals surface area contributed by atoms with Gasteiger partial charge in [-0.25, -0.2) is 0 Å². The van der Waals surface area contributed by atoms with Crippen molar-refractivity contribution in [3.8, 4) is 0 Å². The van der Waals surface area contributed by atoms with Crippen molar-refractivity contribution in [2.45, 2.75) is 44.8 Å². The summed E-state index contributed by atoms with van der Waals surface area (Å²) in [7, 11) is 1.64. The molecule has 6 heteroatoms. The number of benzene rings is 1. The van der Waals surface area contributed by atoms with Crippen LogP contribution in [0.25, 0.3) is 0 Å². The Balaban J connectivity index is 1.63. The van der Waals surface area contributed by atoms with E-state index < -0.39 is 6.04 Å². The van der Waals surface area contributed by atoms with Crippen LogP contribution in [0.4, 0.5) is 5.69 Å². The molecule has 144 valence electrons. The van der Waals surface area contributed by atoms with E-state index in [1.165, 1.54) is 5.56 Å². The Bertz CT molecular complexity index is 732. The topological polar surface area (TPSA) is 70.7 Å². The van der Waals surface area contributed by atoms with Gasteiger partial charge in [-0.1, -0.05) is 24.3 Å². The van der Waals surface area contributed by atoms with Gasteiger partial charge in [-0.15, -0.1) is 0 Å². The van der Waals surface area contributed by atoms with Gasteiger partial charge in [0.15, 0.2) is 0 Å². The van der Waals surface area contributed by atoms with E-state index >= 15 is 0 Å². The van der Waals surface area contributed by atoms with Crippen molar-refractivity contribution in [3.05, 3.63) is 53.8 Å². The highest BCUT2D eigenvalue weighted by Gasteiger charge is 2.40. The molecule has 2 heterocycles. The van der Waals surface area contributed by atoms with Gasteiger partial charge in [-0.3, -0.25) is 9.59 Å². The van der Waals surface area contributed by atoms with Crippen molar-refractivity contribution in [2.24, 2.45) is 0 Å². The Morgan fingerprint density at radius 3 is 2.89 bits per heavy atom. The molecule has 0 bridgehead atoms. The van der Waals surface area contributed by atoms with Gasteiger partial charge in [0.1, 0.15) is 18.0 Å². The van der Waals surface area contributed by atoms with E-state index in [2.05, 4.69) is 16.7 Å². The van der Waals surface area contributed by atoms with Crippen LogP contribution in [-0.4, -0.2) is 42.6 Å². The first kappa shape index (κ1) is 19.0. The van der Waals surface area contributed by atoms with E-state index in [1.807, 2.05) is 43.4 Å². The van der Waals surface area contributed by atoms with Crippen LogP contribution in [0, 0.1) is 0 Å². The fourth-order valence-corrected chi connectivity index (χ4v) is 3.69. The number of carbonyl (C=O) groups excluding carboxylic acids is 2. The number of nitrogens with zero attached hydrogens (tertiary/aromatic N) is 1. The third kappa shape index (κ3) is 4.32. The first-order chi connectivity index (χ1) is 13.1. The van der Waals surface area contributed by atoms with Gasteiger partial charge in [-0.2, -0.15) is 0 Å². The highest BCUT2D eigenvalue weighted by molar-refractivity contribution is 5.95. The summed E-state index contributed by atoms with van der Waals surface area (Å²) in [6.45, 7) is 1.99. The molecular formula is C21H27N3O3. The number of allylic oxidation sites excluding steroid dienone is 3. The van der Waals surface area contributed by atoms with E-state index in [0.29, 0.717) is 6.42 Å². The van der Waals surface area contributed by atoms with Crippen LogP contribution in [0.2, 0.25) is 0 Å². The van der Waals surface area contributed by atoms with Crippen molar-refractivity contribution < 1.29 is 14.3 Å². The van der Waals surface area contributed by atoms with Gasteiger partial charge in [0.2, 0.25) is 11.8 Å². The molecule has 2 atom stereocenters. The van der Waals surface area contributed by atoms with Crippen molar-refractivity contribution in [3.63, 3.8) is 0 Å². The molecule has 3 rings (SSSR count). The summed E-state index contributed by atoms with van der Waals surface area (Å²) in [5, 5.41) is 6.13. The molecule has 1 aromatic carbocycles. The summed E-state index contributed by atoms with van der Waals surface area (Å²) in [5.74, 6) is 0.716. The first-order valence-electron chi connectivity index (χ1n) is 9.44. The van der Waals surface area contributed by atoms with Crippen LogP contribution in [0.1, 0.15) is 31.7 Å². The van der Waals surface area contributed by atoms with Crippen molar-refractivity contribution in [1.29, 1.82) is 0 Å². The van der Waals surface area contributed by atoms with Crippen LogP contribution >= 0.6 is 0 Å². The van der Waals surface area contributed by atoms with Gasteiger partial charge in [0.25, 0.3) is 0 Å². The SMILES string of the molecule is C/C=C(\C=C/CCCC1C(=O)NCC(=O)N1[C@@H]1Cc2ccccc2N1)OC. The minimum Gasteiger partial charge on any atom is -0.497 e. The molecule has 1 unspecified atom stereocenters. The average Bonchev–Trinajstić information content (AvgIpc) is 3.10. The third-order valence-corrected chi connectivity index (χ3v) is 5.08. The predicted molar refractivity (Wildman–Crippen MR) is 105 cm³/mol. The standard InChI is InChI=1S/C21H27N3O3/c1-3-16(27-2)10-5-4-6-12-18-21(26)22-14-20(25)24(18)19-13-15-9-7-8-11-17(15)23-19/h3,5,7-11,18-19,23H,4,6,12-14H2,1-2H3,(H,22,26)/b10-5-,16-3+/t18?,19-/m1/s1. The molecule has 27 heavy (non-hydrogen) atoms. The fourth-order valence-electron chi connectivity index (χ4n) is 3.69. The molecule has 1 saturated heterocycles. The summed E-state index contributed by atoms with van der Waals surface area (Å²) < 4.78 is 5.19. The largest absolute Gasteiger partial charge is 0.497 e. The number of ether oxygens (including phenoxy) is 1. The van der Waals surface area contributed by atoms with Crippen LogP contribution in [0.15, 0.2) is 48.3 Å². The lowest BCUT2D eigenvalue weighted by Crippen LogP contribution is -2.62. The quantitative estimate of drug-likeness (QED) is 0.440. The maximum Gasteiger partial charge on any atom is 0.244 e. The number of para-hydroxylation sites is 1. The summed E-state index contributed by atoms with van der Waals surface area (Å²) in [6.07, 6.45) is 8.70. The molecule has 0 aromatic heterocycles. The number of fused-ring (bicyclic) bond motifs is 1. The Kier molecular flexibility index (Phi) is 6.16. The number of hydrogen-bond acceptors (Lipinski definition) is 4. The van der Waals surface area contributed by atoms with Crippen LogP contribution in [-0.2, 0) is 20.7 Å². The van der Waals surface area contributed by atoms with E-state index in [9.17, 15) is 9.59 Å². The smallest absolute Gasteiger partial charge is 0.244 e. The average molecular weight is 369 g/mol. The van der Waals surface area contributed by atoms with E-state index in [4.69, 9.17) is 4.74 Å². The number of anilines is 1. The summed E-state index contributed by atoms with van der Waals surface area (Å²) in [4.78, 5) is 26.8. The lowest BCUT2D eigenvalue weighted by Gasteiger charge is -2.39. The lowest BCUT2D eigenvalue weighted by atomic mass is 10.0. The highest BCUT2D eigenvalue weighted by atomic mass is 16.5. The molecule has 0 saturated carbocycles. The Labute approximate surface area is 160 Å². The van der Waals surface area contributed by atoms with Crippen molar-refractivity contribution in [1.82, 2.24) is 10.2 Å². The summed E-state index contributed by atoms with van der Waals surface area (Å²) >= 11 is 0. The zero-order valence-corrected chi connectivity index (χ0v) is 15.9. The fraction of sp³-hybridized carbons (Fsp3) is 0.429. The second-order valence-electron chi connectivity index (χ2n) is 6.78. The normalized spacial score (nSPS) is 22.6. The van der Waals surface area contributed by atoms with Gasteiger partial charge in [-0.05, 0) is 50.0 Å². The highest BCUT2D eigenvalue weighted by Crippen LogP contribution is 2.29. The molecule has 2 aliphatic heterocycles. The van der Waals surface area contributed by atoms with Gasteiger partial charge in [0.05, 0.1) is 13.7 Å². The number of amides is 2. The second kappa shape index (κ2) is 8.75. The molecular weight excluding hydrogens is 342 g/mol. The van der Waals surface area contributed by atoms with E-state index in [0.717, 1.165) is 30.7 Å². The second-order valence-corrected chi connectivity index (χ2v) is 6.78. The van der Waals surface area contributed by atoms with Crippen LogP contribution < -0.4 is 10.6 Å². The maximum atomic E-state index is 12.6. The first-order valence-corrected chi connectivity index (χ1v) is 9.44. The minimum atomic E-state index is -0.435. The number of hydrogen-bond donors (Lipinski definition) is 2. The van der Waals surface area contributed by atoms with E-state index in [-0.39, 0.29) is 24.5 Å². The molecule has 2 aliphatic rings.